The molecule has 2 aromatic rings. The first-order valence-electron chi connectivity index (χ1n) is 7.07. The summed E-state index contributed by atoms with van der Waals surface area (Å²) >= 11 is 0. The van der Waals surface area contributed by atoms with Crippen LogP contribution >= 0.6 is 0 Å². The minimum atomic E-state index is -0.113. The number of benzene rings is 1. The van der Waals surface area contributed by atoms with Crippen molar-refractivity contribution in [1.82, 2.24) is 15.3 Å². The lowest BCUT2D eigenvalue weighted by Gasteiger charge is -2.22. The van der Waals surface area contributed by atoms with E-state index in [1.807, 2.05) is 31.2 Å². The molecule has 1 fully saturated rings. The third kappa shape index (κ3) is 2.67. The molecule has 1 atom stereocenters. The number of hydrogen-bond acceptors (Lipinski definition) is 3. The minimum absolute atomic E-state index is 0.0654. The second-order valence-electron chi connectivity index (χ2n) is 5.26. The van der Waals surface area contributed by atoms with Gasteiger partial charge in [-0.15, -0.1) is 0 Å². The number of amides is 1. The van der Waals surface area contributed by atoms with Gasteiger partial charge in [-0.05, 0) is 31.9 Å². The lowest BCUT2D eigenvalue weighted by molar-refractivity contribution is -0.128. The minimum Gasteiger partial charge on any atom is -0.381 e. The number of rotatable bonds is 3. The number of fused-ring (bicyclic) bond motifs is 1. The SMILES string of the molecule is CC(NC(=O)C1CCOCC1)c1nc2ccccc2[nH]1. The van der Waals surface area contributed by atoms with Gasteiger partial charge in [-0.3, -0.25) is 4.79 Å². The highest BCUT2D eigenvalue weighted by atomic mass is 16.5. The molecule has 5 nitrogen and oxygen atoms in total. The van der Waals surface area contributed by atoms with Gasteiger partial charge in [0.15, 0.2) is 0 Å². The van der Waals surface area contributed by atoms with E-state index in [4.69, 9.17) is 4.74 Å². The van der Waals surface area contributed by atoms with Gasteiger partial charge in [0.25, 0.3) is 0 Å². The third-order valence-electron chi connectivity index (χ3n) is 3.77. The second-order valence-corrected chi connectivity index (χ2v) is 5.26. The van der Waals surface area contributed by atoms with Crippen LogP contribution in [-0.2, 0) is 9.53 Å². The smallest absolute Gasteiger partial charge is 0.223 e. The monoisotopic (exact) mass is 273 g/mol. The van der Waals surface area contributed by atoms with Crippen molar-refractivity contribution in [2.45, 2.75) is 25.8 Å². The van der Waals surface area contributed by atoms with Gasteiger partial charge in [0, 0.05) is 19.1 Å². The lowest BCUT2D eigenvalue weighted by Crippen LogP contribution is -2.36. The van der Waals surface area contributed by atoms with Crippen molar-refractivity contribution in [1.29, 1.82) is 0 Å². The number of hydrogen-bond donors (Lipinski definition) is 2. The number of aromatic nitrogens is 2. The van der Waals surface area contributed by atoms with Gasteiger partial charge in [-0.25, -0.2) is 4.98 Å². The Morgan fingerprint density at radius 1 is 1.40 bits per heavy atom. The fraction of sp³-hybridized carbons (Fsp3) is 0.467. The average molecular weight is 273 g/mol. The lowest BCUT2D eigenvalue weighted by atomic mass is 9.99. The summed E-state index contributed by atoms with van der Waals surface area (Å²) in [7, 11) is 0. The molecular weight excluding hydrogens is 254 g/mol. The van der Waals surface area contributed by atoms with Crippen LogP contribution in [0.4, 0.5) is 0 Å². The first-order chi connectivity index (χ1) is 9.74. The van der Waals surface area contributed by atoms with Crippen LogP contribution in [0.3, 0.4) is 0 Å². The maximum absolute atomic E-state index is 12.2. The normalized spacial score (nSPS) is 18.1. The van der Waals surface area contributed by atoms with Crippen molar-refractivity contribution in [2.75, 3.05) is 13.2 Å². The van der Waals surface area contributed by atoms with Crippen LogP contribution in [0.15, 0.2) is 24.3 Å². The number of H-pyrrole nitrogens is 1. The van der Waals surface area contributed by atoms with Gasteiger partial charge in [0.2, 0.25) is 5.91 Å². The molecule has 1 saturated heterocycles. The summed E-state index contributed by atoms with van der Waals surface area (Å²) in [5.41, 5.74) is 1.92. The Hall–Kier alpha value is -1.88. The molecule has 0 saturated carbocycles. The van der Waals surface area contributed by atoms with Crippen LogP contribution in [0.5, 0.6) is 0 Å². The fourth-order valence-electron chi connectivity index (χ4n) is 2.54. The zero-order chi connectivity index (χ0) is 13.9. The van der Waals surface area contributed by atoms with Crippen LogP contribution < -0.4 is 5.32 Å². The Morgan fingerprint density at radius 3 is 2.90 bits per heavy atom. The molecule has 1 amide bonds. The number of carbonyl (C=O) groups is 1. The number of imidazole rings is 1. The Morgan fingerprint density at radius 2 is 2.15 bits per heavy atom. The van der Waals surface area contributed by atoms with E-state index < -0.39 is 0 Å². The van der Waals surface area contributed by atoms with Crippen LogP contribution in [0, 0.1) is 5.92 Å². The Balaban J connectivity index is 1.68. The van der Waals surface area contributed by atoms with Crippen LogP contribution in [0.1, 0.15) is 31.6 Å². The molecule has 1 aromatic heterocycles. The molecule has 1 aliphatic heterocycles. The predicted molar refractivity (Wildman–Crippen MR) is 76.2 cm³/mol. The summed E-state index contributed by atoms with van der Waals surface area (Å²) in [6.07, 6.45) is 1.61. The fourth-order valence-corrected chi connectivity index (χ4v) is 2.54. The van der Waals surface area contributed by atoms with E-state index in [0.717, 1.165) is 29.7 Å². The van der Waals surface area contributed by atoms with Crippen molar-refractivity contribution in [3.05, 3.63) is 30.1 Å². The summed E-state index contributed by atoms with van der Waals surface area (Å²) in [5.74, 6) is 0.962. The maximum Gasteiger partial charge on any atom is 0.223 e. The molecule has 0 bridgehead atoms. The Bertz CT molecular complexity index is 569. The van der Waals surface area contributed by atoms with Gasteiger partial charge in [-0.1, -0.05) is 12.1 Å². The van der Waals surface area contributed by atoms with Gasteiger partial charge < -0.3 is 15.0 Å². The van der Waals surface area contributed by atoms with E-state index in [9.17, 15) is 4.79 Å². The molecule has 1 aromatic carbocycles. The Kier molecular flexibility index (Phi) is 3.69. The van der Waals surface area contributed by atoms with Crippen molar-refractivity contribution in [2.24, 2.45) is 5.92 Å². The quantitative estimate of drug-likeness (QED) is 0.900. The average Bonchev–Trinajstić information content (AvgIpc) is 2.92. The van der Waals surface area contributed by atoms with E-state index in [1.165, 1.54) is 0 Å². The molecule has 1 aliphatic rings. The number of nitrogens with zero attached hydrogens (tertiary/aromatic N) is 1. The number of carbonyl (C=O) groups excluding carboxylic acids is 1. The van der Waals surface area contributed by atoms with Crippen molar-refractivity contribution >= 4 is 16.9 Å². The van der Waals surface area contributed by atoms with E-state index >= 15 is 0 Å². The molecule has 0 spiro atoms. The summed E-state index contributed by atoms with van der Waals surface area (Å²) in [6.45, 7) is 3.31. The molecule has 5 heteroatoms. The topological polar surface area (TPSA) is 67.0 Å². The molecule has 3 rings (SSSR count). The summed E-state index contributed by atoms with van der Waals surface area (Å²) in [5, 5.41) is 3.04. The van der Waals surface area contributed by atoms with Gasteiger partial charge >= 0.3 is 0 Å². The number of ether oxygens (including phenoxy) is 1. The number of para-hydroxylation sites is 2. The number of nitrogens with one attached hydrogen (secondary N) is 2. The van der Waals surface area contributed by atoms with E-state index in [2.05, 4.69) is 15.3 Å². The maximum atomic E-state index is 12.2. The van der Waals surface area contributed by atoms with Crippen LogP contribution in [0.25, 0.3) is 11.0 Å². The number of aromatic amines is 1. The molecule has 0 radical (unpaired) electrons. The third-order valence-corrected chi connectivity index (χ3v) is 3.77. The van der Waals surface area contributed by atoms with Gasteiger partial charge in [0.05, 0.1) is 17.1 Å². The highest BCUT2D eigenvalue weighted by Crippen LogP contribution is 2.18. The van der Waals surface area contributed by atoms with E-state index in [1.54, 1.807) is 0 Å². The van der Waals surface area contributed by atoms with Crippen LogP contribution in [-0.4, -0.2) is 29.1 Å². The first-order valence-corrected chi connectivity index (χ1v) is 7.07. The van der Waals surface area contributed by atoms with E-state index in [-0.39, 0.29) is 17.9 Å². The highest BCUT2D eigenvalue weighted by molar-refractivity contribution is 5.79. The molecule has 20 heavy (non-hydrogen) atoms. The zero-order valence-electron chi connectivity index (χ0n) is 11.6. The summed E-state index contributed by atoms with van der Waals surface area (Å²) in [6, 6.07) is 7.76. The standard InChI is InChI=1S/C15H19N3O2/c1-10(16-15(19)11-6-8-20-9-7-11)14-17-12-4-2-3-5-13(12)18-14/h2-5,10-11H,6-9H2,1H3,(H,16,19)(H,17,18). The zero-order valence-corrected chi connectivity index (χ0v) is 11.6. The van der Waals surface area contributed by atoms with Crippen molar-refractivity contribution in [3.63, 3.8) is 0 Å². The summed E-state index contributed by atoms with van der Waals surface area (Å²) < 4.78 is 5.28. The Labute approximate surface area is 117 Å². The molecule has 0 aliphatic carbocycles. The molecular formula is C15H19N3O2. The van der Waals surface area contributed by atoms with Crippen molar-refractivity contribution < 1.29 is 9.53 Å². The highest BCUT2D eigenvalue weighted by Gasteiger charge is 2.23. The van der Waals surface area contributed by atoms with Crippen LogP contribution in [0.2, 0.25) is 0 Å². The van der Waals surface area contributed by atoms with Gasteiger partial charge in [-0.2, -0.15) is 0 Å². The largest absolute Gasteiger partial charge is 0.381 e. The molecule has 2 heterocycles. The van der Waals surface area contributed by atoms with E-state index in [0.29, 0.717) is 13.2 Å². The summed E-state index contributed by atoms with van der Waals surface area (Å²) in [4.78, 5) is 20.0. The molecule has 2 N–H and O–H groups in total. The molecule has 106 valence electrons. The van der Waals surface area contributed by atoms with Crippen molar-refractivity contribution in [3.8, 4) is 0 Å². The predicted octanol–water partition coefficient (Wildman–Crippen LogP) is 2.17. The second kappa shape index (κ2) is 5.63. The first kappa shape index (κ1) is 13.1. The molecule has 1 unspecified atom stereocenters. The van der Waals surface area contributed by atoms with Gasteiger partial charge in [0.1, 0.15) is 5.82 Å².